The maximum Gasteiger partial charge on any atom is 0.307 e. The Morgan fingerprint density at radius 1 is 1.30 bits per heavy atom. The van der Waals surface area contributed by atoms with Gasteiger partial charge >= 0.3 is 5.97 Å². The van der Waals surface area contributed by atoms with Gasteiger partial charge in [0.1, 0.15) is 0 Å². The van der Waals surface area contributed by atoms with E-state index in [2.05, 4.69) is 17.0 Å². The molecule has 1 N–H and O–H groups in total. The van der Waals surface area contributed by atoms with Crippen molar-refractivity contribution in [1.29, 1.82) is 0 Å². The Morgan fingerprint density at radius 3 is 2.60 bits per heavy atom. The number of carbonyl (C=O) groups is 1. The second-order valence-electron chi connectivity index (χ2n) is 4.92. The van der Waals surface area contributed by atoms with E-state index < -0.39 is 5.97 Å². The summed E-state index contributed by atoms with van der Waals surface area (Å²) in [4.78, 5) is 15.7. The first kappa shape index (κ1) is 14.5. The van der Waals surface area contributed by atoms with Gasteiger partial charge in [0.2, 0.25) is 0 Å². The average molecular weight is 275 g/mol. The summed E-state index contributed by atoms with van der Waals surface area (Å²) in [7, 11) is 0. The lowest BCUT2D eigenvalue weighted by atomic mass is 10.0. The van der Waals surface area contributed by atoms with Crippen molar-refractivity contribution < 1.29 is 9.90 Å². The van der Waals surface area contributed by atoms with Crippen LogP contribution in [0, 0.1) is 0 Å². The number of aromatic nitrogens is 3. The highest BCUT2D eigenvalue weighted by molar-refractivity contribution is 5.71. The molecule has 2 rings (SSSR count). The minimum atomic E-state index is -0.823. The van der Waals surface area contributed by atoms with Crippen LogP contribution in [0.25, 0.3) is 5.65 Å². The van der Waals surface area contributed by atoms with Gasteiger partial charge in [-0.2, -0.15) is 5.10 Å². The molecule has 0 amide bonds. The Kier molecular flexibility index (Phi) is 4.37. The molecule has 0 fully saturated rings. The third-order valence-electron chi connectivity index (χ3n) is 3.45. The van der Waals surface area contributed by atoms with Crippen LogP contribution in [0.3, 0.4) is 0 Å². The fourth-order valence-electron chi connectivity index (χ4n) is 2.59. The fourth-order valence-corrected chi connectivity index (χ4v) is 2.59. The molecule has 0 aromatic carbocycles. The van der Waals surface area contributed by atoms with Crippen LogP contribution in [0.4, 0.5) is 0 Å². The number of hydrogen-bond donors (Lipinski definition) is 1. The zero-order chi connectivity index (χ0) is 14.7. The van der Waals surface area contributed by atoms with Crippen molar-refractivity contribution in [3.05, 3.63) is 28.7 Å². The van der Waals surface area contributed by atoms with Crippen LogP contribution in [-0.4, -0.2) is 25.7 Å². The maximum absolute atomic E-state index is 11.1. The zero-order valence-electron chi connectivity index (χ0n) is 12.3. The maximum atomic E-state index is 11.1. The number of hydrogen-bond acceptors (Lipinski definition) is 3. The molecule has 20 heavy (non-hydrogen) atoms. The van der Waals surface area contributed by atoms with Crippen molar-refractivity contribution in [2.24, 2.45) is 0 Å². The van der Waals surface area contributed by atoms with Gasteiger partial charge in [0.05, 0.1) is 12.1 Å². The van der Waals surface area contributed by atoms with Gasteiger partial charge < -0.3 is 5.11 Å². The minimum Gasteiger partial charge on any atom is -0.481 e. The normalized spacial score (nSPS) is 11.2. The zero-order valence-corrected chi connectivity index (χ0v) is 12.3. The Labute approximate surface area is 118 Å². The summed E-state index contributed by atoms with van der Waals surface area (Å²) in [6, 6.07) is 2.01. The molecular formula is C15H21N3O2. The Bertz CT molecular complexity index is 632. The molecule has 2 heterocycles. The van der Waals surface area contributed by atoms with E-state index in [9.17, 15) is 4.79 Å². The van der Waals surface area contributed by atoms with E-state index in [0.29, 0.717) is 0 Å². The van der Waals surface area contributed by atoms with Gasteiger partial charge in [-0.15, -0.1) is 0 Å². The summed E-state index contributed by atoms with van der Waals surface area (Å²) in [6.07, 6.45) is 3.46. The smallest absolute Gasteiger partial charge is 0.307 e. The van der Waals surface area contributed by atoms with Crippen LogP contribution in [0.2, 0.25) is 0 Å². The van der Waals surface area contributed by atoms with E-state index >= 15 is 0 Å². The molecule has 5 heteroatoms. The monoisotopic (exact) mass is 275 g/mol. The highest BCUT2D eigenvalue weighted by Crippen LogP contribution is 2.19. The third-order valence-corrected chi connectivity index (χ3v) is 3.45. The van der Waals surface area contributed by atoms with Crippen LogP contribution < -0.4 is 0 Å². The second-order valence-corrected chi connectivity index (χ2v) is 4.92. The van der Waals surface area contributed by atoms with Gasteiger partial charge in [0.15, 0.2) is 5.65 Å². The summed E-state index contributed by atoms with van der Waals surface area (Å²) in [5, 5.41) is 13.7. The van der Waals surface area contributed by atoms with Crippen molar-refractivity contribution in [2.45, 2.75) is 52.9 Å². The lowest BCUT2D eigenvalue weighted by molar-refractivity contribution is -0.136. The summed E-state index contributed by atoms with van der Waals surface area (Å²) in [5.74, 6) is -0.823. The van der Waals surface area contributed by atoms with Crippen molar-refractivity contribution in [1.82, 2.24) is 14.6 Å². The molecule has 0 radical (unpaired) electrons. The van der Waals surface area contributed by atoms with Gasteiger partial charge in [-0.05, 0) is 19.3 Å². The number of rotatable bonds is 6. The topological polar surface area (TPSA) is 67.5 Å². The number of nitrogens with zero attached hydrogens (tertiary/aromatic N) is 3. The van der Waals surface area contributed by atoms with Gasteiger partial charge in [0, 0.05) is 23.0 Å². The van der Waals surface area contributed by atoms with E-state index in [1.807, 2.05) is 24.4 Å². The molecule has 0 bridgehead atoms. The van der Waals surface area contributed by atoms with Crippen LogP contribution >= 0.6 is 0 Å². The first-order valence-corrected chi connectivity index (χ1v) is 7.21. The quantitative estimate of drug-likeness (QED) is 0.879. The third kappa shape index (κ3) is 2.66. The number of carboxylic acid groups (broad SMARTS) is 1. The van der Waals surface area contributed by atoms with Crippen molar-refractivity contribution >= 4 is 11.6 Å². The number of aryl methyl sites for hydroxylation is 3. The van der Waals surface area contributed by atoms with Crippen molar-refractivity contribution in [3.8, 4) is 0 Å². The fraction of sp³-hybridized carbons (Fsp3) is 0.533. The number of fused-ring (bicyclic) bond motifs is 1. The molecule has 0 saturated carbocycles. The predicted molar refractivity (Wildman–Crippen MR) is 77.1 cm³/mol. The second kappa shape index (κ2) is 6.03. The van der Waals surface area contributed by atoms with Crippen LogP contribution in [0.15, 0.2) is 6.07 Å². The van der Waals surface area contributed by atoms with Gasteiger partial charge in [0.25, 0.3) is 0 Å². The lowest BCUT2D eigenvalue weighted by Gasteiger charge is -2.12. The van der Waals surface area contributed by atoms with E-state index in [0.717, 1.165) is 54.0 Å². The molecule has 0 saturated heterocycles. The number of carboxylic acids is 1. The lowest BCUT2D eigenvalue weighted by Crippen LogP contribution is -2.13. The highest BCUT2D eigenvalue weighted by Gasteiger charge is 2.17. The first-order chi connectivity index (χ1) is 9.60. The molecule has 5 nitrogen and oxygen atoms in total. The molecule has 0 atom stereocenters. The van der Waals surface area contributed by atoms with E-state index in [1.165, 1.54) is 0 Å². The molecule has 0 aliphatic heterocycles. The molecule has 2 aromatic heterocycles. The van der Waals surface area contributed by atoms with E-state index in [4.69, 9.17) is 5.11 Å². The molecule has 2 aromatic rings. The van der Waals surface area contributed by atoms with Crippen LogP contribution in [-0.2, 0) is 30.5 Å². The first-order valence-electron chi connectivity index (χ1n) is 7.21. The predicted octanol–water partition coefficient (Wildman–Crippen LogP) is 2.43. The van der Waals surface area contributed by atoms with Gasteiger partial charge in [-0.1, -0.05) is 27.2 Å². The molecule has 0 spiro atoms. The van der Waals surface area contributed by atoms with E-state index in [-0.39, 0.29) is 6.42 Å². The Hall–Kier alpha value is -1.91. The van der Waals surface area contributed by atoms with E-state index in [1.54, 1.807) is 0 Å². The molecule has 0 aliphatic carbocycles. The highest BCUT2D eigenvalue weighted by atomic mass is 16.4. The summed E-state index contributed by atoms with van der Waals surface area (Å²) < 4.78 is 1.82. The molecule has 108 valence electrons. The van der Waals surface area contributed by atoms with Crippen LogP contribution in [0.1, 0.15) is 49.8 Å². The summed E-state index contributed by atoms with van der Waals surface area (Å²) in [6.45, 7) is 6.15. The van der Waals surface area contributed by atoms with Gasteiger partial charge in [-0.3, -0.25) is 4.79 Å². The van der Waals surface area contributed by atoms with Gasteiger partial charge in [-0.25, -0.2) is 9.50 Å². The number of aliphatic carboxylic acids is 1. The Balaban J connectivity index is 2.66. The summed E-state index contributed by atoms with van der Waals surface area (Å²) in [5.41, 5.74) is 4.51. The summed E-state index contributed by atoms with van der Waals surface area (Å²) >= 11 is 0. The standard InChI is InChI=1S/C15H21N3O2/c1-4-7-10-8-14-16-12(5-2)11(9-15(19)20)13(6-3)18(14)17-10/h8H,4-7,9H2,1-3H3,(H,19,20). The molecular weight excluding hydrogens is 254 g/mol. The van der Waals surface area contributed by atoms with Crippen molar-refractivity contribution in [2.75, 3.05) is 0 Å². The Morgan fingerprint density at radius 2 is 2.05 bits per heavy atom. The molecule has 0 unspecified atom stereocenters. The average Bonchev–Trinajstić information content (AvgIpc) is 2.80. The molecule has 0 aliphatic rings. The van der Waals surface area contributed by atoms with Crippen molar-refractivity contribution in [3.63, 3.8) is 0 Å². The van der Waals surface area contributed by atoms with Crippen LogP contribution in [0.5, 0.6) is 0 Å². The minimum absolute atomic E-state index is 0.0122. The largest absolute Gasteiger partial charge is 0.481 e. The SMILES string of the molecule is CCCc1cc2nc(CC)c(CC(=O)O)c(CC)n2n1.